The molecule has 0 aromatic carbocycles. The molecule has 1 saturated heterocycles. The molecule has 1 aliphatic heterocycles. The van der Waals surface area contributed by atoms with Crippen molar-refractivity contribution in [2.24, 2.45) is 11.8 Å². The van der Waals surface area contributed by atoms with Crippen LogP contribution in [0.25, 0.3) is 0 Å². The van der Waals surface area contributed by atoms with Crippen LogP contribution in [0.15, 0.2) is 30.6 Å². The van der Waals surface area contributed by atoms with Gasteiger partial charge in [0.1, 0.15) is 0 Å². The van der Waals surface area contributed by atoms with Gasteiger partial charge in [0.25, 0.3) is 0 Å². The minimum atomic E-state index is -0.275. The molecule has 2 amide bonds. The van der Waals surface area contributed by atoms with Gasteiger partial charge in [0.15, 0.2) is 0 Å². The number of likely N-dealkylation sites (N-methyl/N-ethyl adjacent to an activating group) is 1. The molecule has 0 N–H and O–H groups in total. The number of nitrogens with zero attached hydrogens (tertiary/aromatic N) is 4. The summed E-state index contributed by atoms with van der Waals surface area (Å²) < 4.78 is 7.13. The van der Waals surface area contributed by atoms with Gasteiger partial charge in [0.05, 0.1) is 31.6 Å². The highest BCUT2D eigenvalue weighted by molar-refractivity contribution is 5.88. The average Bonchev–Trinajstić information content (AvgIpc) is 3.19. The molecular formula is C18H26N4O3. The number of aromatic nitrogens is 2. The number of hydrogen-bond acceptors (Lipinski definition) is 4. The van der Waals surface area contributed by atoms with Crippen LogP contribution in [0.1, 0.15) is 12.8 Å². The Morgan fingerprint density at radius 3 is 2.60 bits per heavy atom. The maximum Gasteiger partial charge on any atom is 0.226 e. The van der Waals surface area contributed by atoms with E-state index in [0.717, 1.165) is 0 Å². The van der Waals surface area contributed by atoms with Gasteiger partial charge in [-0.3, -0.25) is 14.3 Å². The minimum Gasteiger partial charge on any atom is -0.378 e. The Hall–Kier alpha value is -2.15. The molecule has 0 spiro atoms. The zero-order valence-electron chi connectivity index (χ0n) is 14.7. The number of ether oxygens (including phenoxy) is 1. The fourth-order valence-corrected chi connectivity index (χ4v) is 3.46. The highest BCUT2D eigenvalue weighted by Gasteiger charge is 2.37. The van der Waals surface area contributed by atoms with Crippen LogP contribution in [-0.4, -0.2) is 71.3 Å². The molecule has 7 nitrogen and oxygen atoms in total. The Labute approximate surface area is 148 Å². The normalized spacial score (nSPS) is 23.5. The largest absolute Gasteiger partial charge is 0.378 e. The van der Waals surface area contributed by atoms with E-state index >= 15 is 0 Å². The Balaban J connectivity index is 1.62. The van der Waals surface area contributed by atoms with Crippen molar-refractivity contribution in [3.63, 3.8) is 0 Å². The molecule has 0 saturated carbocycles. The summed E-state index contributed by atoms with van der Waals surface area (Å²) in [6.45, 7) is 3.64. The Morgan fingerprint density at radius 1 is 1.20 bits per heavy atom. The van der Waals surface area contributed by atoms with Crippen LogP contribution < -0.4 is 0 Å². The number of allylic oxidation sites excluding steroid dienone is 2. The zero-order valence-corrected chi connectivity index (χ0v) is 14.7. The summed E-state index contributed by atoms with van der Waals surface area (Å²) in [5.41, 5.74) is 0. The molecule has 7 heteroatoms. The molecule has 2 aliphatic rings. The van der Waals surface area contributed by atoms with Crippen molar-refractivity contribution in [3.8, 4) is 0 Å². The summed E-state index contributed by atoms with van der Waals surface area (Å²) in [7, 11) is 1.81. The third-order valence-electron chi connectivity index (χ3n) is 4.99. The van der Waals surface area contributed by atoms with E-state index in [1.807, 2.05) is 29.3 Å². The van der Waals surface area contributed by atoms with E-state index in [-0.39, 0.29) is 23.7 Å². The zero-order chi connectivity index (χ0) is 17.6. The van der Waals surface area contributed by atoms with E-state index in [1.165, 1.54) is 0 Å². The number of morpholine rings is 1. The average molecular weight is 346 g/mol. The first-order valence-corrected chi connectivity index (χ1v) is 8.91. The third kappa shape index (κ3) is 4.28. The van der Waals surface area contributed by atoms with Gasteiger partial charge in [-0.2, -0.15) is 5.10 Å². The standard InChI is InChI=1S/C18H26N4O3/c1-20(9-10-22-8-4-7-19-22)17(23)15-5-2-3-6-16(15)18(24)21-11-13-25-14-12-21/h2-4,7-8,15-16H,5-6,9-14H2,1H3. The topological polar surface area (TPSA) is 67.7 Å². The number of carbonyl (C=O) groups is 2. The summed E-state index contributed by atoms with van der Waals surface area (Å²) in [4.78, 5) is 29.4. The second-order valence-electron chi connectivity index (χ2n) is 6.62. The van der Waals surface area contributed by atoms with Gasteiger partial charge in [0.2, 0.25) is 11.8 Å². The lowest BCUT2D eigenvalue weighted by molar-refractivity contribution is -0.148. The highest BCUT2D eigenvalue weighted by Crippen LogP contribution is 2.29. The van der Waals surface area contributed by atoms with E-state index < -0.39 is 0 Å². The Kier molecular flexibility index (Phi) is 5.86. The predicted molar refractivity (Wildman–Crippen MR) is 92.6 cm³/mol. The summed E-state index contributed by atoms with van der Waals surface area (Å²) in [6, 6.07) is 1.87. The fourth-order valence-electron chi connectivity index (χ4n) is 3.46. The van der Waals surface area contributed by atoms with Crippen LogP contribution in [-0.2, 0) is 20.9 Å². The van der Waals surface area contributed by atoms with Gasteiger partial charge in [-0.05, 0) is 18.9 Å². The molecule has 3 rings (SSSR count). The van der Waals surface area contributed by atoms with Gasteiger partial charge >= 0.3 is 0 Å². The summed E-state index contributed by atoms with van der Waals surface area (Å²) in [5, 5.41) is 4.16. The molecule has 2 atom stereocenters. The van der Waals surface area contributed by atoms with Gasteiger partial charge in [0, 0.05) is 39.1 Å². The maximum atomic E-state index is 12.9. The third-order valence-corrected chi connectivity index (χ3v) is 4.99. The lowest BCUT2D eigenvalue weighted by Gasteiger charge is -2.35. The monoisotopic (exact) mass is 346 g/mol. The van der Waals surface area contributed by atoms with Crippen LogP contribution in [0.4, 0.5) is 0 Å². The second-order valence-corrected chi connectivity index (χ2v) is 6.62. The smallest absolute Gasteiger partial charge is 0.226 e. The molecule has 0 bridgehead atoms. The van der Waals surface area contributed by atoms with Crippen LogP contribution in [0.3, 0.4) is 0 Å². The van der Waals surface area contributed by atoms with Crippen molar-refractivity contribution >= 4 is 11.8 Å². The molecule has 136 valence electrons. The van der Waals surface area contributed by atoms with Crippen LogP contribution in [0, 0.1) is 11.8 Å². The Bertz CT molecular complexity index is 608. The van der Waals surface area contributed by atoms with Crippen molar-refractivity contribution in [2.75, 3.05) is 39.9 Å². The first kappa shape index (κ1) is 17.7. The van der Waals surface area contributed by atoms with E-state index in [2.05, 4.69) is 5.10 Å². The SMILES string of the molecule is CN(CCn1cccn1)C(=O)C1CC=CCC1C(=O)N1CCOCC1. The molecule has 0 radical (unpaired) electrons. The van der Waals surface area contributed by atoms with Gasteiger partial charge in [-0.15, -0.1) is 0 Å². The van der Waals surface area contributed by atoms with E-state index in [1.54, 1.807) is 22.8 Å². The first-order chi connectivity index (χ1) is 12.2. The van der Waals surface area contributed by atoms with Gasteiger partial charge < -0.3 is 14.5 Å². The van der Waals surface area contributed by atoms with Gasteiger partial charge in [-0.25, -0.2) is 0 Å². The number of rotatable bonds is 5. The molecule has 1 aromatic rings. The number of carbonyl (C=O) groups excluding carboxylic acids is 2. The molecule has 25 heavy (non-hydrogen) atoms. The van der Waals surface area contributed by atoms with E-state index in [9.17, 15) is 9.59 Å². The first-order valence-electron chi connectivity index (χ1n) is 8.91. The van der Waals surface area contributed by atoms with Gasteiger partial charge in [-0.1, -0.05) is 12.2 Å². The van der Waals surface area contributed by atoms with Crippen LogP contribution in [0.5, 0.6) is 0 Å². The quantitative estimate of drug-likeness (QED) is 0.739. The van der Waals surface area contributed by atoms with E-state index in [4.69, 9.17) is 4.74 Å². The minimum absolute atomic E-state index is 0.0446. The lowest BCUT2D eigenvalue weighted by atomic mass is 9.81. The fraction of sp³-hybridized carbons (Fsp3) is 0.611. The molecule has 1 aliphatic carbocycles. The predicted octanol–water partition coefficient (Wildman–Crippen LogP) is 0.783. The summed E-state index contributed by atoms with van der Waals surface area (Å²) in [6.07, 6.45) is 8.92. The highest BCUT2D eigenvalue weighted by atomic mass is 16.5. The molecule has 2 heterocycles. The summed E-state index contributed by atoms with van der Waals surface area (Å²) in [5.74, 6) is -0.402. The second kappa shape index (κ2) is 8.29. The number of hydrogen-bond donors (Lipinski definition) is 0. The lowest BCUT2D eigenvalue weighted by Crippen LogP contribution is -2.48. The van der Waals surface area contributed by atoms with Crippen LogP contribution in [0.2, 0.25) is 0 Å². The van der Waals surface area contributed by atoms with Crippen molar-refractivity contribution in [2.45, 2.75) is 19.4 Å². The molecule has 2 unspecified atom stereocenters. The maximum absolute atomic E-state index is 12.9. The van der Waals surface area contributed by atoms with Crippen molar-refractivity contribution in [1.82, 2.24) is 19.6 Å². The van der Waals surface area contributed by atoms with Crippen molar-refractivity contribution in [1.29, 1.82) is 0 Å². The van der Waals surface area contributed by atoms with Crippen molar-refractivity contribution < 1.29 is 14.3 Å². The Morgan fingerprint density at radius 2 is 1.92 bits per heavy atom. The van der Waals surface area contributed by atoms with Crippen molar-refractivity contribution in [3.05, 3.63) is 30.6 Å². The van der Waals surface area contributed by atoms with E-state index in [0.29, 0.717) is 52.2 Å². The molecular weight excluding hydrogens is 320 g/mol. The molecule has 1 fully saturated rings. The number of amides is 2. The van der Waals surface area contributed by atoms with Crippen LogP contribution >= 0.6 is 0 Å². The summed E-state index contributed by atoms with van der Waals surface area (Å²) >= 11 is 0. The molecule has 1 aromatic heterocycles.